The number of carbonyl (C=O) groups excluding carboxylic acids is 2. The van der Waals surface area contributed by atoms with E-state index >= 15 is 0 Å². The summed E-state index contributed by atoms with van der Waals surface area (Å²) in [4.78, 5) is 28.2. The van der Waals surface area contributed by atoms with Crippen LogP contribution in [-0.4, -0.2) is 30.5 Å². The number of nitrogens with zero attached hydrogens (tertiary/aromatic N) is 1. The first-order chi connectivity index (χ1) is 12.6. The number of carbonyl (C=O) groups is 2. The number of hydrogen-bond donors (Lipinski definition) is 2. The van der Waals surface area contributed by atoms with Crippen LogP contribution in [0.4, 0.5) is 5.69 Å². The highest BCUT2D eigenvalue weighted by Crippen LogP contribution is 2.41. The Balaban J connectivity index is 1.64. The van der Waals surface area contributed by atoms with Crippen LogP contribution in [0.2, 0.25) is 0 Å². The minimum Gasteiger partial charge on any atom is -0.497 e. The lowest BCUT2D eigenvalue weighted by Gasteiger charge is -2.30. The number of anilines is 1. The highest BCUT2D eigenvalue weighted by atomic mass is 16.5. The Morgan fingerprint density at radius 3 is 2.46 bits per heavy atom. The summed E-state index contributed by atoms with van der Waals surface area (Å²) in [6.45, 7) is 0.443. The first kappa shape index (κ1) is 17.9. The monoisotopic (exact) mass is 353 g/mol. The Labute approximate surface area is 153 Å². The molecule has 1 aliphatic rings. The molecular weight excluding hydrogens is 330 g/mol. The molecule has 26 heavy (non-hydrogen) atoms. The van der Waals surface area contributed by atoms with E-state index in [1.54, 1.807) is 25.4 Å². The summed E-state index contributed by atoms with van der Waals surface area (Å²) >= 11 is 0. The molecule has 2 amide bonds. The molecule has 2 aromatic rings. The van der Waals surface area contributed by atoms with E-state index in [0.717, 1.165) is 31.4 Å². The fourth-order valence-electron chi connectivity index (χ4n) is 3.52. The second kappa shape index (κ2) is 7.99. The molecule has 1 aliphatic carbocycles. The second-order valence-corrected chi connectivity index (χ2v) is 6.59. The number of rotatable bonds is 5. The van der Waals surface area contributed by atoms with Crippen LogP contribution < -0.4 is 15.4 Å². The summed E-state index contributed by atoms with van der Waals surface area (Å²) in [5.74, 6) is -0.503. The van der Waals surface area contributed by atoms with Crippen molar-refractivity contribution in [3.63, 3.8) is 0 Å². The largest absolute Gasteiger partial charge is 0.497 e. The quantitative estimate of drug-likeness (QED) is 0.810. The molecule has 2 N–H and O–H groups in total. The fraction of sp³-hybridized carbons (Fsp3) is 0.350. The van der Waals surface area contributed by atoms with Crippen LogP contribution in [-0.2, 0) is 15.0 Å². The standard InChI is InChI=1S/C20H23N3O3/c1-26-17-8-6-15(7-9-17)20(10-2-3-11-20)14-22-18(24)19(25)23-16-5-4-12-21-13-16/h4-9,12-13H,2-3,10-11,14H2,1H3,(H,22,24)(H,23,25). The molecule has 0 unspecified atom stereocenters. The summed E-state index contributed by atoms with van der Waals surface area (Å²) in [6.07, 6.45) is 7.32. The third-order valence-electron chi connectivity index (χ3n) is 4.98. The number of pyridine rings is 1. The van der Waals surface area contributed by atoms with Crippen LogP contribution in [0.25, 0.3) is 0 Å². The van der Waals surface area contributed by atoms with Gasteiger partial charge in [0.2, 0.25) is 0 Å². The Morgan fingerprint density at radius 1 is 1.12 bits per heavy atom. The van der Waals surface area contributed by atoms with Crippen molar-refractivity contribution in [2.75, 3.05) is 19.0 Å². The van der Waals surface area contributed by atoms with E-state index in [1.807, 2.05) is 24.3 Å². The average Bonchev–Trinajstić information content (AvgIpc) is 3.17. The fourth-order valence-corrected chi connectivity index (χ4v) is 3.52. The third kappa shape index (κ3) is 4.02. The lowest BCUT2D eigenvalue weighted by Crippen LogP contribution is -2.43. The van der Waals surface area contributed by atoms with E-state index < -0.39 is 11.8 Å². The Kier molecular flexibility index (Phi) is 5.51. The van der Waals surface area contributed by atoms with E-state index in [2.05, 4.69) is 15.6 Å². The van der Waals surface area contributed by atoms with Gasteiger partial charge < -0.3 is 15.4 Å². The molecule has 6 heteroatoms. The first-order valence-corrected chi connectivity index (χ1v) is 8.77. The van der Waals surface area contributed by atoms with E-state index in [0.29, 0.717) is 12.2 Å². The molecule has 0 atom stereocenters. The van der Waals surface area contributed by atoms with Crippen molar-refractivity contribution >= 4 is 17.5 Å². The van der Waals surface area contributed by atoms with Gasteiger partial charge in [-0.15, -0.1) is 0 Å². The maximum Gasteiger partial charge on any atom is 0.313 e. The van der Waals surface area contributed by atoms with Gasteiger partial charge in [-0.1, -0.05) is 25.0 Å². The van der Waals surface area contributed by atoms with E-state index in [1.165, 1.54) is 11.8 Å². The van der Waals surface area contributed by atoms with Gasteiger partial charge in [-0.05, 0) is 42.7 Å². The summed E-state index contributed by atoms with van der Waals surface area (Å²) in [5.41, 5.74) is 1.54. The SMILES string of the molecule is COc1ccc(C2(CNC(=O)C(=O)Nc3cccnc3)CCCC2)cc1. The zero-order valence-electron chi connectivity index (χ0n) is 14.8. The van der Waals surface area contributed by atoms with Crippen LogP contribution in [0.15, 0.2) is 48.8 Å². The van der Waals surface area contributed by atoms with Gasteiger partial charge in [0.25, 0.3) is 0 Å². The van der Waals surface area contributed by atoms with Gasteiger partial charge in [-0.3, -0.25) is 14.6 Å². The first-order valence-electron chi connectivity index (χ1n) is 8.77. The lowest BCUT2D eigenvalue weighted by molar-refractivity contribution is -0.136. The number of aromatic nitrogens is 1. The Hall–Kier alpha value is -2.89. The van der Waals surface area contributed by atoms with Crippen molar-refractivity contribution in [3.05, 3.63) is 54.4 Å². The van der Waals surface area contributed by atoms with Crippen LogP contribution in [0, 0.1) is 0 Å². The van der Waals surface area contributed by atoms with Gasteiger partial charge in [-0.25, -0.2) is 0 Å². The van der Waals surface area contributed by atoms with Crippen molar-refractivity contribution in [2.45, 2.75) is 31.1 Å². The Bertz CT molecular complexity index is 754. The van der Waals surface area contributed by atoms with E-state index in [4.69, 9.17) is 4.74 Å². The van der Waals surface area contributed by atoms with Crippen LogP contribution in [0.5, 0.6) is 5.75 Å². The van der Waals surface area contributed by atoms with Crippen molar-refractivity contribution < 1.29 is 14.3 Å². The number of nitrogens with one attached hydrogen (secondary N) is 2. The minimum atomic E-state index is -0.680. The summed E-state index contributed by atoms with van der Waals surface area (Å²) in [6, 6.07) is 11.4. The predicted molar refractivity (Wildman–Crippen MR) is 99.0 cm³/mol. The molecule has 0 radical (unpaired) electrons. The van der Waals surface area contributed by atoms with Gasteiger partial charge in [0, 0.05) is 18.2 Å². The molecule has 1 heterocycles. The van der Waals surface area contributed by atoms with Crippen LogP contribution >= 0.6 is 0 Å². The van der Waals surface area contributed by atoms with Crippen LogP contribution in [0.1, 0.15) is 31.2 Å². The molecule has 136 valence electrons. The topological polar surface area (TPSA) is 80.3 Å². The second-order valence-electron chi connectivity index (χ2n) is 6.59. The summed E-state index contributed by atoms with van der Waals surface area (Å²) < 4.78 is 5.22. The average molecular weight is 353 g/mol. The third-order valence-corrected chi connectivity index (χ3v) is 4.98. The molecule has 1 aromatic carbocycles. The number of ether oxygens (including phenoxy) is 1. The maximum atomic E-state index is 12.2. The van der Waals surface area contributed by atoms with Gasteiger partial charge >= 0.3 is 11.8 Å². The molecule has 1 saturated carbocycles. The van der Waals surface area contributed by atoms with Crippen molar-refractivity contribution in [1.29, 1.82) is 0 Å². The number of hydrogen-bond acceptors (Lipinski definition) is 4. The smallest absolute Gasteiger partial charge is 0.313 e. The predicted octanol–water partition coefficient (Wildman–Crippen LogP) is 2.66. The molecular formula is C20H23N3O3. The number of methoxy groups -OCH3 is 1. The van der Waals surface area contributed by atoms with Crippen molar-refractivity contribution in [1.82, 2.24) is 10.3 Å². The van der Waals surface area contributed by atoms with E-state index in [9.17, 15) is 9.59 Å². The zero-order chi connectivity index (χ0) is 18.4. The molecule has 1 fully saturated rings. The molecule has 0 aliphatic heterocycles. The maximum absolute atomic E-state index is 12.2. The normalized spacial score (nSPS) is 15.3. The zero-order valence-corrected chi connectivity index (χ0v) is 14.8. The molecule has 0 bridgehead atoms. The number of benzene rings is 1. The molecule has 1 aromatic heterocycles. The highest BCUT2D eigenvalue weighted by molar-refractivity contribution is 6.39. The van der Waals surface area contributed by atoms with Crippen molar-refractivity contribution in [2.24, 2.45) is 0 Å². The minimum absolute atomic E-state index is 0.128. The highest BCUT2D eigenvalue weighted by Gasteiger charge is 2.36. The van der Waals surface area contributed by atoms with Gasteiger partial charge in [-0.2, -0.15) is 0 Å². The van der Waals surface area contributed by atoms with Gasteiger partial charge in [0.15, 0.2) is 0 Å². The summed E-state index contributed by atoms with van der Waals surface area (Å²) in [5, 5.41) is 5.36. The van der Waals surface area contributed by atoms with Gasteiger partial charge in [0.1, 0.15) is 5.75 Å². The lowest BCUT2D eigenvalue weighted by atomic mass is 9.78. The van der Waals surface area contributed by atoms with Crippen molar-refractivity contribution in [3.8, 4) is 5.75 Å². The molecule has 6 nitrogen and oxygen atoms in total. The van der Waals surface area contributed by atoms with E-state index in [-0.39, 0.29) is 5.41 Å². The number of amides is 2. The molecule has 0 spiro atoms. The molecule has 0 saturated heterocycles. The molecule has 3 rings (SSSR count). The van der Waals surface area contributed by atoms with Gasteiger partial charge in [0.05, 0.1) is 19.0 Å². The Morgan fingerprint density at radius 2 is 1.85 bits per heavy atom. The summed E-state index contributed by atoms with van der Waals surface area (Å²) in [7, 11) is 1.64. The van der Waals surface area contributed by atoms with Crippen LogP contribution in [0.3, 0.4) is 0 Å².